The number of hydrogen-bond acceptors (Lipinski definition) is 2. The first-order chi connectivity index (χ1) is 8.70. The molecule has 1 saturated carbocycles. The Morgan fingerprint density at radius 1 is 1.50 bits per heavy atom. The standard InChI is InChI=1S/C14H15FN2O/c15-13-6-3-10(2-1-7-16)8-12(13)9-17-14(18)11-4-5-11/h3,6,8,11H,4-5,7,9,16H2,(H,17,18). The third-order valence-corrected chi connectivity index (χ3v) is 2.78. The maximum Gasteiger partial charge on any atom is 0.223 e. The highest BCUT2D eigenvalue weighted by molar-refractivity contribution is 5.80. The zero-order valence-electron chi connectivity index (χ0n) is 10.0. The zero-order chi connectivity index (χ0) is 13.0. The van der Waals surface area contributed by atoms with E-state index in [1.165, 1.54) is 6.07 Å². The van der Waals surface area contributed by atoms with Crippen LogP contribution in [0, 0.1) is 23.6 Å². The topological polar surface area (TPSA) is 55.1 Å². The number of carbonyl (C=O) groups excluding carboxylic acids is 1. The summed E-state index contributed by atoms with van der Waals surface area (Å²) in [6, 6.07) is 4.61. The second kappa shape index (κ2) is 5.65. The van der Waals surface area contributed by atoms with Gasteiger partial charge in [-0.2, -0.15) is 0 Å². The van der Waals surface area contributed by atoms with Crippen molar-refractivity contribution in [1.29, 1.82) is 0 Å². The van der Waals surface area contributed by atoms with Crippen LogP contribution in [-0.2, 0) is 11.3 Å². The molecule has 3 N–H and O–H groups in total. The molecule has 0 atom stereocenters. The smallest absolute Gasteiger partial charge is 0.223 e. The molecule has 1 amide bonds. The van der Waals surface area contributed by atoms with Crippen molar-refractivity contribution in [3.8, 4) is 11.8 Å². The van der Waals surface area contributed by atoms with Crippen molar-refractivity contribution >= 4 is 5.91 Å². The van der Waals surface area contributed by atoms with Crippen molar-refractivity contribution in [3.05, 3.63) is 35.1 Å². The number of nitrogens with two attached hydrogens (primary N) is 1. The van der Waals surface area contributed by atoms with Crippen LogP contribution in [0.3, 0.4) is 0 Å². The lowest BCUT2D eigenvalue weighted by atomic mass is 10.1. The lowest BCUT2D eigenvalue weighted by Crippen LogP contribution is -2.24. The van der Waals surface area contributed by atoms with E-state index in [0.717, 1.165) is 12.8 Å². The predicted molar refractivity (Wildman–Crippen MR) is 66.9 cm³/mol. The Balaban J connectivity index is 2.03. The molecule has 0 unspecified atom stereocenters. The molecule has 3 nitrogen and oxygen atoms in total. The average molecular weight is 246 g/mol. The Hall–Kier alpha value is -1.86. The van der Waals surface area contributed by atoms with Gasteiger partial charge in [-0.3, -0.25) is 4.79 Å². The van der Waals surface area contributed by atoms with Gasteiger partial charge in [0, 0.05) is 23.6 Å². The van der Waals surface area contributed by atoms with Gasteiger partial charge in [-0.25, -0.2) is 4.39 Å². The van der Waals surface area contributed by atoms with E-state index in [-0.39, 0.29) is 30.7 Å². The van der Waals surface area contributed by atoms with Gasteiger partial charge in [-0.15, -0.1) is 0 Å². The maximum absolute atomic E-state index is 13.5. The van der Waals surface area contributed by atoms with Gasteiger partial charge in [-0.1, -0.05) is 11.8 Å². The van der Waals surface area contributed by atoms with Crippen LogP contribution in [0.5, 0.6) is 0 Å². The summed E-state index contributed by atoms with van der Waals surface area (Å²) in [4.78, 5) is 11.5. The molecule has 4 heteroatoms. The Bertz CT molecular complexity index is 512. The van der Waals surface area contributed by atoms with Gasteiger partial charge in [0.2, 0.25) is 5.91 Å². The molecule has 0 aromatic heterocycles. The van der Waals surface area contributed by atoms with E-state index in [4.69, 9.17) is 5.73 Å². The zero-order valence-corrected chi connectivity index (χ0v) is 10.0. The van der Waals surface area contributed by atoms with E-state index in [1.54, 1.807) is 12.1 Å². The summed E-state index contributed by atoms with van der Waals surface area (Å²) < 4.78 is 13.5. The normalized spacial score (nSPS) is 13.7. The number of hydrogen-bond donors (Lipinski definition) is 2. The van der Waals surface area contributed by atoms with Crippen LogP contribution in [0.2, 0.25) is 0 Å². The average Bonchev–Trinajstić information content (AvgIpc) is 3.20. The number of rotatable bonds is 3. The fourth-order valence-electron chi connectivity index (χ4n) is 1.61. The van der Waals surface area contributed by atoms with E-state index < -0.39 is 0 Å². The quantitative estimate of drug-likeness (QED) is 0.786. The number of carbonyl (C=O) groups is 1. The molecule has 1 aromatic carbocycles. The van der Waals surface area contributed by atoms with Gasteiger partial charge in [0.25, 0.3) is 0 Å². The van der Waals surface area contributed by atoms with Crippen molar-refractivity contribution in [1.82, 2.24) is 5.32 Å². The Morgan fingerprint density at radius 3 is 2.94 bits per heavy atom. The van der Waals surface area contributed by atoms with Gasteiger partial charge in [0.15, 0.2) is 0 Å². The molecule has 18 heavy (non-hydrogen) atoms. The number of nitrogens with one attached hydrogen (secondary N) is 1. The van der Waals surface area contributed by atoms with Crippen LogP contribution < -0.4 is 11.1 Å². The molecule has 0 bridgehead atoms. The Labute approximate surface area is 106 Å². The Kier molecular flexibility index (Phi) is 3.96. The van der Waals surface area contributed by atoms with E-state index >= 15 is 0 Å². The number of halogens is 1. The van der Waals surface area contributed by atoms with Gasteiger partial charge in [0.1, 0.15) is 5.82 Å². The minimum Gasteiger partial charge on any atom is -0.352 e. The summed E-state index contributed by atoms with van der Waals surface area (Å²) in [6.45, 7) is 0.477. The van der Waals surface area contributed by atoms with Crippen molar-refractivity contribution in [2.24, 2.45) is 11.7 Å². The van der Waals surface area contributed by atoms with Crippen LogP contribution >= 0.6 is 0 Å². The summed E-state index contributed by atoms with van der Waals surface area (Å²) in [5.74, 6) is 5.36. The van der Waals surface area contributed by atoms with Crippen LogP contribution in [-0.4, -0.2) is 12.5 Å². The molecule has 0 aliphatic heterocycles. The molecule has 94 valence electrons. The first-order valence-corrected chi connectivity index (χ1v) is 5.96. The van der Waals surface area contributed by atoms with Crippen molar-refractivity contribution in [2.75, 3.05) is 6.54 Å². The van der Waals surface area contributed by atoms with E-state index in [2.05, 4.69) is 17.2 Å². The molecule has 1 aromatic rings. The fraction of sp³-hybridized carbons (Fsp3) is 0.357. The van der Waals surface area contributed by atoms with E-state index in [0.29, 0.717) is 11.1 Å². The third-order valence-electron chi connectivity index (χ3n) is 2.78. The van der Waals surface area contributed by atoms with Gasteiger partial charge < -0.3 is 11.1 Å². The lowest BCUT2D eigenvalue weighted by molar-refractivity contribution is -0.122. The molecule has 0 saturated heterocycles. The molecule has 1 fully saturated rings. The molecule has 0 heterocycles. The van der Waals surface area contributed by atoms with Gasteiger partial charge in [-0.05, 0) is 31.0 Å². The lowest BCUT2D eigenvalue weighted by Gasteiger charge is -2.06. The molecule has 2 rings (SSSR count). The highest BCUT2D eigenvalue weighted by atomic mass is 19.1. The van der Waals surface area contributed by atoms with E-state index in [9.17, 15) is 9.18 Å². The molecular formula is C14H15FN2O. The summed E-state index contributed by atoms with van der Waals surface area (Å²) >= 11 is 0. The predicted octanol–water partition coefficient (Wildman–Crippen LogP) is 1.16. The van der Waals surface area contributed by atoms with Gasteiger partial charge in [0.05, 0.1) is 6.54 Å². The van der Waals surface area contributed by atoms with Crippen LogP contribution in [0.15, 0.2) is 18.2 Å². The highest BCUT2D eigenvalue weighted by Crippen LogP contribution is 2.28. The fourth-order valence-corrected chi connectivity index (χ4v) is 1.61. The first-order valence-electron chi connectivity index (χ1n) is 5.96. The van der Waals surface area contributed by atoms with Crippen LogP contribution in [0.25, 0.3) is 0 Å². The summed E-state index contributed by atoms with van der Waals surface area (Å²) in [6.07, 6.45) is 1.88. The minimum absolute atomic E-state index is 0.00726. The first kappa shape index (κ1) is 12.6. The monoisotopic (exact) mass is 246 g/mol. The van der Waals surface area contributed by atoms with E-state index in [1.807, 2.05) is 0 Å². The molecular weight excluding hydrogens is 231 g/mol. The maximum atomic E-state index is 13.5. The summed E-state index contributed by atoms with van der Waals surface area (Å²) in [7, 11) is 0. The summed E-state index contributed by atoms with van der Waals surface area (Å²) in [5.41, 5.74) is 6.44. The van der Waals surface area contributed by atoms with Crippen molar-refractivity contribution in [3.63, 3.8) is 0 Å². The SMILES string of the molecule is NCC#Cc1ccc(F)c(CNC(=O)C2CC2)c1. The number of amides is 1. The molecule has 0 radical (unpaired) electrons. The van der Waals surface area contributed by atoms with Crippen LogP contribution in [0.1, 0.15) is 24.0 Å². The number of benzene rings is 1. The molecule has 1 aliphatic rings. The van der Waals surface area contributed by atoms with Crippen molar-refractivity contribution < 1.29 is 9.18 Å². The second-order valence-electron chi connectivity index (χ2n) is 4.30. The largest absolute Gasteiger partial charge is 0.352 e. The van der Waals surface area contributed by atoms with Crippen molar-refractivity contribution in [2.45, 2.75) is 19.4 Å². The summed E-state index contributed by atoms with van der Waals surface area (Å²) in [5, 5.41) is 2.73. The Morgan fingerprint density at radius 2 is 2.28 bits per heavy atom. The highest BCUT2D eigenvalue weighted by Gasteiger charge is 2.29. The minimum atomic E-state index is -0.329. The molecule has 1 aliphatic carbocycles. The molecule has 0 spiro atoms. The van der Waals surface area contributed by atoms with Crippen LogP contribution in [0.4, 0.5) is 4.39 Å². The third kappa shape index (κ3) is 3.31. The second-order valence-corrected chi connectivity index (χ2v) is 4.30. The van der Waals surface area contributed by atoms with Gasteiger partial charge >= 0.3 is 0 Å².